The minimum absolute atomic E-state index is 0.315. The zero-order chi connectivity index (χ0) is 7.56. The Labute approximate surface area is 58.7 Å². The van der Waals surface area contributed by atoms with Crippen molar-refractivity contribution >= 4 is 0 Å². The number of aromatic nitrogens is 1. The average Bonchev–Trinajstić information content (AvgIpc) is 1.85. The van der Waals surface area contributed by atoms with Gasteiger partial charge < -0.3 is 4.42 Å². The second-order valence-electron chi connectivity index (χ2n) is 2.07. The second-order valence-corrected chi connectivity index (χ2v) is 2.07. The summed E-state index contributed by atoms with van der Waals surface area (Å²) in [6.45, 7) is 3.67. The first-order chi connectivity index (χ1) is 4.72. The van der Waals surface area contributed by atoms with E-state index in [1.807, 2.05) is 6.92 Å². The Morgan fingerprint density at radius 3 is 2.90 bits per heavy atom. The molecule has 0 N–H and O–H groups in total. The highest BCUT2D eigenvalue weighted by Crippen LogP contribution is 1.92. The molecule has 1 rings (SSSR count). The quantitative estimate of drug-likeness (QED) is 0.580. The van der Waals surface area contributed by atoms with E-state index in [0.29, 0.717) is 18.0 Å². The van der Waals surface area contributed by atoms with Crippen molar-refractivity contribution in [2.75, 3.05) is 0 Å². The van der Waals surface area contributed by atoms with Crippen molar-refractivity contribution in [3.63, 3.8) is 0 Å². The van der Waals surface area contributed by atoms with E-state index >= 15 is 0 Å². The molecule has 0 saturated carbocycles. The van der Waals surface area contributed by atoms with Crippen LogP contribution in [-0.2, 0) is 6.42 Å². The smallest absolute Gasteiger partial charge is 0.339 e. The maximum Gasteiger partial charge on any atom is 0.339 e. The van der Waals surface area contributed by atoms with Gasteiger partial charge in [0.2, 0.25) is 0 Å². The highest BCUT2D eigenvalue weighted by molar-refractivity contribution is 4.96. The second kappa shape index (κ2) is 2.64. The summed E-state index contributed by atoms with van der Waals surface area (Å²) < 4.78 is 4.74. The molecule has 1 heterocycles. The Hall–Kier alpha value is -1.12. The van der Waals surface area contributed by atoms with Gasteiger partial charge in [-0.1, -0.05) is 6.92 Å². The third-order valence-electron chi connectivity index (χ3n) is 1.15. The highest BCUT2D eigenvalue weighted by atomic mass is 16.4. The topological polar surface area (TPSA) is 43.1 Å². The van der Waals surface area contributed by atoms with Gasteiger partial charge in [0, 0.05) is 18.2 Å². The van der Waals surface area contributed by atoms with Crippen LogP contribution < -0.4 is 5.63 Å². The lowest BCUT2D eigenvalue weighted by Gasteiger charge is -1.93. The van der Waals surface area contributed by atoms with Crippen LogP contribution >= 0.6 is 0 Å². The molecule has 54 valence electrons. The molecule has 1 aromatic heterocycles. The van der Waals surface area contributed by atoms with E-state index in [0.717, 1.165) is 0 Å². The van der Waals surface area contributed by atoms with Crippen LogP contribution in [0.3, 0.4) is 0 Å². The van der Waals surface area contributed by atoms with Gasteiger partial charge in [-0.25, -0.2) is 9.78 Å². The van der Waals surface area contributed by atoms with Gasteiger partial charge in [-0.15, -0.1) is 0 Å². The molecule has 0 unspecified atom stereocenters. The van der Waals surface area contributed by atoms with Crippen LogP contribution in [-0.4, -0.2) is 4.98 Å². The lowest BCUT2D eigenvalue weighted by Crippen LogP contribution is -2.03. The minimum atomic E-state index is -0.315. The molecule has 0 aliphatic rings. The van der Waals surface area contributed by atoms with E-state index in [1.165, 1.54) is 6.07 Å². The fourth-order valence-electron chi connectivity index (χ4n) is 0.719. The molecule has 0 aromatic carbocycles. The summed E-state index contributed by atoms with van der Waals surface area (Å²) in [5, 5.41) is 0. The Morgan fingerprint density at radius 1 is 1.70 bits per heavy atom. The maximum atomic E-state index is 10.7. The molecular weight excluding hydrogens is 130 g/mol. The van der Waals surface area contributed by atoms with Crippen molar-refractivity contribution < 1.29 is 4.42 Å². The van der Waals surface area contributed by atoms with Crippen LogP contribution in [0, 0.1) is 6.92 Å². The van der Waals surface area contributed by atoms with Gasteiger partial charge in [0.25, 0.3) is 0 Å². The predicted octanol–water partition coefficient (Wildman–Crippen LogP) is 0.906. The van der Waals surface area contributed by atoms with Gasteiger partial charge in [0.05, 0.1) is 0 Å². The summed E-state index contributed by atoms with van der Waals surface area (Å²) in [6.07, 6.45) is 0.664. The summed E-state index contributed by atoms with van der Waals surface area (Å²) in [6, 6.07) is 1.37. The predicted molar refractivity (Wildman–Crippen MR) is 36.9 cm³/mol. The molecule has 10 heavy (non-hydrogen) atoms. The van der Waals surface area contributed by atoms with Crippen molar-refractivity contribution in [3.05, 3.63) is 28.1 Å². The summed E-state index contributed by atoms with van der Waals surface area (Å²) in [4.78, 5) is 14.6. The van der Waals surface area contributed by atoms with E-state index in [-0.39, 0.29) is 5.63 Å². The van der Waals surface area contributed by atoms with Crippen LogP contribution in [0.2, 0.25) is 0 Å². The zero-order valence-electron chi connectivity index (χ0n) is 6.05. The molecule has 3 nitrogen and oxygen atoms in total. The van der Waals surface area contributed by atoms with Gasteiger partial charge in [-0.2, -0.15) is 0 Å². The normalized spacial score (nSPS) is 9.80. The SMILES string of the molecule is CCc1nc(C)cc(=O)o1. The van der Waals surface area contributed by atoms with Gasteiger partial charge in [0.15, 0.2) is 5.89 Å². The first-order valence-electron chi connectivity index (χ1n) is 3.20. The fourth-order valence-corrected chi connectivity index (χ4v) is 0.719. The van der Waals surface area contributed by atoms with Crippen LogP contribution in [0.15, 0.2) is 15.3 Å². The van der Waals surface area contributed by atoms with E-state index < -0.39 is 0 Å². The molecule has 0 amide bonds. The van der Waals surface area contributed by atoms with Gasteiger partial charge in [0.1, 0.15) is 0 Å². The average molecular weight is 139 g/mol. The monoisotopic (exact) mass is 139 g/mol. The molecule has 0 aliphatic heterocycles. The number of nitrogens with zero attached hydrogens (tertiary/aromatic N) is 1. The molecule has 1 aromatic rings. The summed E-state index contributed by atoms with van der Waals surface area (Å²) >= 11 is 0. The van der Waals surface area contributed by atoms with E-state index in [2.05, 4.69) is 4.98 Å². The fraction of sp³-hybridized carbons (Fsp3) is 0.429. The van der Waals surface area contributed by atoms with Crippen molar-refractivity contribution in [3.8, 4) is 0 Å². The Bertz CT molecular complexity index is 277. The lowest BCUT2D eigenvalue weighted by molar-refractivity contribution is 0.437. The Kier molecular flexibility index (Phi) is 1.85. The first kappa shape index (κ1) is 6.99. The molecule has 0 fully saturated rings. The number of aryl methyl sites for hydroxylation is 2. The molecular formula is C7H9NO2. The van der Waals surface area contributed by atoms with E-state index in [4.69, 9.17) is 4.42 Å². The lowest BCUT2D eigenvalue weighted by atomic mass is 10.4. The van der Waals surface area contributed by atoms with Crippen molar-refractivity contribution in [1.82, 2.24) is 4.98 Å². The Balaban J connectivity index is 3.19. The number of hydrogen-bond acceptors (Lipinski definition) is 3. The molecule has 0 radical (unpaired) electrons. The van der Waals surface area contributed by atoms with E-state index in [9.17, 15) is 4.79 Å². The maximum absolute atomic E-state index is 10.7. The van der Waals surface area contributed by atoms with Gasteiger partial charge in [-0.05, 0) is 6.92 Å². The van der Waals surface area contributed by atoms with Crippen molar-refractivity contribution in [2.45, 2.75) is 20.3 Å². The van der Waals surface area contributed by atoms with Gasteiger partial charge in [-0.3, -0.25) is 0 Å². The third-order valence-corrected chi connectivity index (χ3v) is 1.15. The molecule has 0 spiro atoms. The molecule has 0 atom stereocenters. The third kappa shape index (κ3) is 1.43. The number of hydrogen-bond donors (Lipinski definition) is 0. The van der Waals surface area contributed by atoms with Crippen LogP contribution in [0.25, 0.3) is 0 Å². The van der Waals surface area contributed by atoms with Crippen LogP contribution in [0.5, 0.6) is 0 Å². The summed E-state index contributed by atoms with van der Waals surface area (Å²) in [5.41, 5.74) is 0.400. The number of rotatable bonds is 1. The first-order valence-corrected chi connectivity index (χ1v) is 3.20. The summed E-state index contributed by atoms with van der Waals surface area (Å²) in [5.74, 6) is 0.505. The van der Waals surface area contributed by atoms with Gasteiger partial charge >= 0.3 is 5.63 Å². The van der Waals surface area contributed by atoms with Crippen LogP contribution in [0.1, 0.15) is 18.5 Å². The van der Waals surface area contributed by atoms with Crippen molar-refractivity contribution in [1.29, 1.82) is 0 Å². The largest absolute Gasteiger partial charge is 0.408 e. The Morgan fingerprint density at radius 2 is 2.40 bits per heavy atom. The summed E-state index contributed by atoms with van der Waals surface area (Å²) in [7, 11) is 0. The highest BCUT2D eigenvalue weighted by Gasteiger charge is 1.95. The molecule has 0 saturated heterocycles. The standard InChI is InChI=1S/C7H9NO2/c1-3-6-8-5(2)4-7(9)10-6/h4H,3H2,1-2H3. The van der Waals surface area contributed by atoms with E-state index in [1.54, 1.807) is 6.92 Å². The minimum Gasteiger partial charge on any atom is -0.408 e. The molecule has 0 bridgehead atoms. The van der Waals surface area contributed by atoms with Crippen molar-refractivity contribution in [2.24, 2.45) is 0 Å². The molecule has 0 aliphatic carbocycles. The zero-order valence-corrected chi connectivity index (χ0v) is 6.05. The molecule has 3 heteroatoms. The van der Waals surface area contributed by atoms with Crippen LogP contribution in [0.4, 0.5) is 0 Å².